The van der Waals surface area contributed by atoms with Gasteiger partial charge in [-0.15, -0.1) is 11.3 Å². The van der Waals surface area contributed by atoms with E-state index in [-0.39, 0.29) is 30.0 Å². The summed E-state index contributed by atoms with van der Waals surface area (Å²) in [6, 6.07) is 6.16. The second-order valence-electron chi connectivity index (χ2n) is 7.58. The van der Waals surface area contributed by atoms with E-state index in [4.69, 9.17) is 4.74 Å². The highest BCUT2D eigenvalue weighted by molar-refractivity contribution is 7.20. The number of fused-ring (bicyclic) bond motifs is 1. The van der Waals surface area contributed by atoms with Gasteiger partial charge in [-0.3, -0.25) is 9.36 Å². The quantitative estimate of drug-likeness (QED) is 0.578. The third kappa shape index (κ3) is 3.96. The van der Waals surface area contributed by atoms with Crippen LogP contribution in [0.4, 0.5) is 4.39 Å². The molecule has 2 heterocycles. The Balaban J connectivity index is 1.69. The van der Waals surface area contributed by atoms with Crippen molar-refractivity contribution >= 4 is 27.5 Å². The Kier molecular flexibility index (Phi) is 5.50. The number of rotatable bonds is 4. The molecule has 7 heteroatoms. The molecule has 1 aromatic carbocycles. The molecule has 1 saturated carbocycles. The minimum absolute atomic E-state index is 0.0415. The highest BCUT2D eigenvalue weighted by atomic mass is 32.1. The lowest BCUT2D eigenvalue weighted by atomic mass is 9.98. The zero-order chi connectivity index (χ0) is 20.5. The number of ether oxygens (including phenoxy) is 1. The number of aryl methyl sites for hydroxylation is 2. The summed E-state index contributed by atoms with van der Waals surface area (Å²) < 4.78 is 20.7. The molecule has 2 aromatic heterocycles. The second-order valence-corrected chi connectivity index (χ2v) is 8.58. The molecule has 0 bridgehead atoms. The van der Waals surface area contributed by atoms with Crippen LogP contribution in [0, 0.1) is 19.7 Å². The van der Waals surface area contributed by atoms with E-state index < -0.39 is 0 Å². The van der Waals surface area contributed by atoms with Crippen molar-refractivity contribution in [1.82, 2.24) is 9.55 Å². The van der Waals surface area contributed by atoms with Crippen LogP contribution in [-0.4, -0.2) is 21.6 Å². The number of nitrogens with zero attached hydrogens (tertiary/aromatic N) is 2. The normalized spacial score (nSPS) is 15.0. The van der Waals surface area contributed by atoms with Gasteiger partial charge in [0.1, 0.15) is 27.5 Å². The third-order valence-electron chi connectivity index (χ3n) is 5.48. The number of esters is 1. The van der Waals surface area contributed by atoms with E-state index in [0.717, 1.165) is 25.7 Å². The Morgan fingerprint density at radius 2 is 2.03 bits per heavy atom. The lowest BCUT2D eigenvalue weighted by Crippen LogP contribution is -2.24. The fraction of sp³-hybridized carbons (Fsp3) is 0.409. The smallest absolute Gasteiger partial charge is 0.348 e. The van der Waals surface area contributed by atoms with Crippen LogP contribution in [-0.2, 0) is 11.3 Å². The van der Waals surface area contributed by atoms with Gasteiger partial charge in [-0.05, 0) is 62.8 Å². The number of hydrogen-bond donors (Lipinski definition) is 0. The van der Waals surface area contributed by atoms with Crippen LogP contribution < -0.4 is 5.56 Å². The van der Waals surface area contributed by atoms with Crippen molar-refractivity contribution in [2.75, 3.05) is 0 Å². The molecule has 29 heavy (non-hydrogen) atoms. The van der Waals surface area contributed by atoms with Crippen LogP contribution in [0.5, 0.6) is 0 Å². The molecule has 0 unspecified atom stereocenters. The van der Waals surface area contributed by atoms with Crippen molar-refractivity contribution in [1.29, 1.82) is 0 Å². The molecule has 0 N–H and O–H groups in total. The minimum atomic E-state index is -0.369. The molecule has 0 saturated heterocycles. The van der Waals surface area contributed by atoms with Gasteiger partial charge >= 0.3 is 5.97 Å². The van der Waals surface area contributed by atoms with E-state index in [0.29, 0.717) is 32.0 Å². The summed E-state index contributed by atoms with van der Waals surface area (Å²) in [5, 5.41) is 0.438. The van der Waals surface area contributed by atoms with Gasteiger partial charge in [-0.2, -0.15) is 0 Å². The van der Waals surface area contributed by atoms with Crippen LogP contribution in [0.3, 0.4) is 0 Å². The summed E-state index contributed by atoms with van der Waals surface area (Å²) in [7, 11) is 0. The Hall–Kier alpha value is -2.54. The Morgan fingerprint density at radius 3 is 2.76 bits per heavy atom. The molecule has 1 fully saturated rings. The number of carbonyl (C=O) groups is 1. The Labute approximate surface area is 172 Å². The van der Waals surface area contributed by atoms with E-state index in [2.05, 4.69) is 4.98 Å². The van der Waals surface area contributed by atoms with Crippen LogP contribution in [0.1, 0.15) is 58.7 Å². The van der Waals surface area contributed by atoms with Crippen LogP contribution >= 0.6 is 11.3 Å². The zero-order valence-corrected chi connectivity index (χ0v) is 17.4. The summed E-state index contributed by atoms with van der Waals surface area (Å²) >= 11 is 1.21. The van der Waals surface area contributed by atoms with Crippen molar-refractivity contribution in [2.24, 2.45) is 0 Å². The van der Waals surface area contributed by atoms with Crippen molar-refractivity contribution in [3.8, 4) is 0 Å². The molecule has 3 aromatic rings. The van der Waals surface area contributed by atoms with E-state index in [9.17, 15) is 14.0 Å². The molecule has 1 aliphatic rings. The summed E-state index contributed by atoms with van der Waals surface area (Å²) in [6.45, 7) is 3.74. The predicted molar refractivity (Wildman–Crippen MR) is 111 cm³/mol. The van der Waals surface area contributed by atoms with E-state index in [1.807, 2.05) is 0 Å². The molecular weight excluding hydrogens is 391 g/mol. The van der Waals surface area contributed by atoms with Crippen LogP contribution in [0.15, 0.2) is 29.1 Å². The first-order valence-corrected chi connectivity index (χ1v) is 10.7. The van der Waals surface area contributed by atoms with Crippen molar-refractivity contribution in [3.63, 3.8) is 0 Å². The van der Waals surface area contributed by atoms with Gasteiger partial charge in [0.25, 0.3) is 5.56 Å². The minimum Gasteiger partial charge on any atom is -0.458 e. The maximum absolute atomic E-state index is 13.5. The number of carbonyl (C=O) groups excluding carboxylic acids is 1. The van der Waals surface area contributed by atoms with E-state index in [1.165, 1.54) is 34.5 Å². The first-order valence-electron chi connectivity index (χ1n) is 9.90. The standard InChI is InChI=1S/C22H23FN2O3S/c1-13-18-20(29-19(13)22(27)28-17-9-4-3-5-10-17)24-14(2)25(21(18)26)12-15-7-6-8-16(23)11-15/h6-8,11,17H,3-5,9-10,12H2,1-2H3. The summed E-state index contributed by atoms with van der Waals surface area (Å²) in [4.78, 5) is 31.4. The lowest BCUT2D eigenvalue weighted by Gasteiger charge is -2.21. The average Bonchev–Trinajstić information content (AvgIpc) is 3.02. The molecule has 5 nitrogen and oxygen atoms in total. The monoisotopic (exact) mass is 414 g/mol. The summed E-state index contributed by atoms with van der Waals surface area (Å²) in [6.07, 6.45) is 5.09. The van der Waals surface area contributed by atoms with Gasteiger partial charge in [-0.1, -0.05) is 18.6 Å². The number of hydrogen-bond acceptors (Lipinski definition) is 5. The first-order chi connectivity index (χ1) is 13.9. The number of benzene rings is 1. The summed E-state index contributed by atoms with van der Waals surface area (Å²) in [5.74, 6) is -0.187. The van der Waals surface area contributed by atoms with Crippen molar-refractivity contribution in [3.05, 3.63) is 62.3 Å². The second kappa shape index (κ2) is 8.06. The largest absolute Gasteiger partial charge is 0.458 e. The number of aromatic nitrogens is 2. The molecule has 1 aliphatic carbocycles. The maximum Gasteiger partial charge on any atom is 0.348 e. The molecule has 0 aliphatic heterocycles. The van der Waals surface area contributed by atoms with E-state index in [1.54, 1.807) is 26.0 Å². The SMILES string of the molecule is Cc1c(C(=O)OC2CCCCC2)sc2nc(C)n(Cc3cccc(F)c3)c(=O)c12. The molecule has 0 atom stereocenters. The first kappa shape index (κ1) is 19.8. The van der Waals surface area contributed by atoms with E-state index >= 15 is 0 Å². The Bertz CT molecular complexity index is 1130. The fourth-order valence-corrected chi connectivity index (χ4v) is 5.00. The predicted octanol–water partition coefficient (Wildman–Crippen LogP) is 4.75. The number of halogens is 1. The van der Waals surface area contributed by atoms with Gasteiger partial charge in [0, 0.05) is 0 Å². The van der Waals surface area contributed by atoms with Gasteiger partial charge in [0.15, 0.2) is 0 Å². The van der Waals surface area contributed by atoms with Crippen LogP contribution in [0.25, 0.3) is 10.2 Å². The Morgan fingerprint density at radius 1 is 1.28 bits per heavy atom. The molecule has 0 amide bonds. The molecule has 0 radical (unpaired) electrons. The maximum atomic E-state index is 13.5. The molecule has 0 spiro atoms. The van der Waals surface area contributed by atoms with Crippen LogP contribution in [0.2, 0.25) is 0 Å². The van der Waals surface area contributed by atoms with Crippen molar-refractivity contribution < 1.29 is 13.9 Å². The molecule has 152 valence electrons. The van der Waals surface area contributed by atoms with Gasteiger partial charge in [0.2, 0.25) is 0 Å². The molecule has 4 rings (SSSR count). The number of thiophene rings is 1. The third-order valence-corrected chi connectivity index (χ3v) is 6.65. The topological polar surface area (TPSA) is 61.2 Å². The zero-order valence-electron chi connectivity index (χ0n) is 16.5. The summed E-state index contributed by atoms with van der Waals surface area (Å²) in [5.41, 5.74) is 1.07. The van der Waals surface area contributed by atoms with Gasteiger partial charge in [-0.25, -0.2) is 14.2 Å². The van der Waals surface area contributed by atoms with Crippen molar-refractivity contribution in [2.45, 2.75) is 58.6 Å². The highest BCUT2D eigenvalue weighted by Gasteiger charge is 2.25. The fourth-order valence-electron chi connectivity index (χ4n) is 3.90. The average molecular weight is 415 g/mol. The highest BCUT2D eigenvalue weighted by Crippen LogP contribution is 2.30. The lowest BCUT2D eigenvalue weighted by molar-refractivity contribution is 0.0216. The molecular formula is C22H23FN2O3S. The van der Waals surface area contributed by atoms with Gasteiger partial charge in [0.05, 0.1) is 11.9 Å². The van der Waals surface area contributed by atoms with Gasteiger partial charge < -0.3 is 4.74 Å².